The van der Waals surface area contributed by atoms with Gasteiger partial charge in [0.2, 0.25) is 0 Å². The summed E-state index contributed by atoms with van der Waals surface area (Å²) >= 11 is 0. The van der Waals surface area contributed by atoms with Gasteiger partial charge in [0.15, 0.2) is 0 Å². The predicted octanol–water partition coefficient (Wildman–Crippen LogP) is 2.25. The van der Waals surface area contributed by atoms with E-state index in [9.17, 15) is 0 Å². The van der Waals surface area contributed by atoms with Gasteiger partial charge in [0.05, 0.1) is 5.54 Å². The first-order chi connectivity index (χ1) is 7.73. The van der Waals surface area contributed by atoms with Crippen molar-refractivity contribution in [3.63, 3.8) is 0 Å². The number of rotatable bonds is 1. The number of anilines is 1. The van der Waals surface area contributed by atoms with Crippen LogP contribution in [0.4, 0.5) is 5.69 Å². The van der Waals surface area contributed by atoms with Crippen molar-refractivity contribution < 1.29 is 0 Å². The van der Waals surface area contributed by atoms with Crippen LogP contribution < -0.4 is 10.2 Å². The summed E-state index contributed by atoms with van der Waals surface area (Å²) in [4.78, 5) is 2.64. The van der Waals surface area contributed by atoms with Gasteiger partial charge in [-0.25, -0.2) is 0 Å². The highest BCUT2D eigenvalue weighted by atomic mass is 15.3. The Kier molecular flexibility index (Phi) is 2.21. The van der Waals surface area contributed by atoms with Gasteiger partial charge in [0.25, 0.3) is 0 Å². The maximum atomic E-state index is 3.53. The molecule has 1 spiro atoms. The molecule has 16 heavy (non-hydrogen) atoms. The fourth-order valence-electron chi connectivity index (χ4n) is 2.84. The van der Waals surface area contributed by atoms with Crippen LogP contribution >= 0.6 is 0 Å². The second kappa shape index (κ2) is 3.49. The molecule has 1 saturated carbocycles. The number of nitrogens with one attached hydrogen (secondary N) is 1. The molecule has 2 heteroatoms. The summed E-state index contributed by atoms with van der Waals surface area (Å²) in [6, 6.07) is 6.68. The molecule has 1 aliphatic carbocycles. The van der Waals surface area contributed by atoms with Crippen LogP contribution in [0.25, 0.3) is 0 Å². The van der Waals surface area contributed by atoms with Gasteiger partial charge in [-0.1, -0.05) is 12.1 Å². The van der Waals surface area contributed by atoms with E-state index in [0.717, 1.165) is 13.1 Å². The Hall–Kier alpha value is -1.02. The standard InChI is InChI=1S/C14H20N2/c1-11-4-3-5-13(12(11)2)16-9-8-15-10-14(16)6-7-14/h3-5,15H,6-10H2,1-2H3. The second-order valence-corrected chi connectivity index (χ2v) is 5.27. The number of hydrogen-bond acceptors (Lipinski definition) is 2. The molecule has 0 amide bonds. The molecular weight excluding hydrogens is 196 g/mol. The molecule has 1 saturated heterocycles. The molecule has 1 aliphatic heterocycles. The number of hydrogen-bond donors (Lipinski definition) is 1. The van der Waals surface area contributed by atoms with Crippen molar-refractivity contribution in [2.24, 2.45) is 0 Å². The quantitative estimate of drug-likeness (QED) is 0.774. The molecule has 0 bridgehead atoms. The molecule has 2 nitrogen and oxygen atoms in total. The Morgan fingerprint density at radius 3 is 2.81 bits per heavy atom. The van der Waals surface area contributed by atoms with Crippen molar-refractivity contribution in [2.75, 3.05) is 24.5 Å². The zero-order valence-electron chi connectivity index (χ0n) is 10.2. The zero-order valence-corrected chi connectivity index (χ0v) is 10.2. The molecule has 1 N–H and O–H groups in total. The average molecular weight is 216 g/mol. The third kappa shape index (κ3) is 1.44. The van der Waals surface area contributed by atoms with Gasteiger partial charge in [-0.3, -0.25) is 0 Å². The topological polar surface area (TPSA) is 15.3 Å². The fourth-order valence-corrected chi connectivity index (χ4v) is 2.84. The van der Waals surface area contributed by atoms with Crippen LogP contribution in [0, 0.1) is 13.8 Å². The molecule has 0 aromatic heterocycles. The van der Waals surface area contributed by atoms with Gasteiger partial charge in [-0.15, -0.1) is 0 Å². The van der Waals surface area contributed by atoms with Crippen molar-refractivity contribution in [2.45, 2.75) is 32.2 Å². The molecule has 1 aromatic rings. The normalized spacial score (nSPS) is 22.5. The minimum Gasteiger partial charge on any atom is -0.363 e. The highest BCUT2D eigenvalue weighted by Gasteiger charge is 2.49. The first kappa shape index (κ1) is 10.2. The minimum atomic E-state index is 0.455. The Morgan fingerprint density at radius 2 is 2.06 bits per heavy atom. The summed E-state index contributed by atoms with van der Waals surface area (Å²) in [5, 5.41) is 3.53. The molecular formula is C14H20N2. The van der Waals surface area contributed by atoms with Crippen LogP contribution in [0.5, 0.6) is 0 Å². The summed E-state index contributed by atoms with van der Waals surface area (Å²) in [6.45, 7) is 7.91. The van der Waals surface area contributed by atoms with Crippen LogP contribution in [0.1, 0.15) is 24.0 Å². The second-order valence-electron chi connectivity index (χ2n) is 5.27. The van der Waals surface area contributed by atoms with Crippen LogP contribution in [-0.2, 0) is 0 Å². The molecule has 1 aromatic carbocycles. The number of piperazine rings is 1. The first-order valence-electron chi connectivity index (χ1n) is 6.28. The number of nitrogens with zero attached hydrogens (tertiary/aromatic N) is 1. The van der Waals surface area contributed by atoms with E-state index in [-0.39, 0.29) is 0 Å². The van der Waals surface area contributed by atoms with E-state index < -0.39 is 0 Å². The molecule has 2 aliphatic rings. The number of benzene rings is 1. The Balaban J connectivity index is 1.99. The van der Waals surface area contributed by atoms with Crippen LogP contribution in [0.3, 0.4) is 0 Å². The molecule has 0 radical (unpaired) electrons. The summed E-state index contributed by atoms with van der Waals surface area (Å²) in [5.74, 6) is 0. The van der Waals surface area contributed by atoms with E-state index in [0.29, 0.717) is 5.54 Å². The van der Waals surface area contributed by atoms with Gasteiger partial charge < -0.3 is 10.2 Å². The van der Waals surface area contributed by atoms with Gasteiger partial charge in [0.1, 0.15) is 0 Å². The van der Waals surface area contributed by atoms with E-state index in [4.69, 9.17) is 0 Å². The lowest BCUT2D eigenvalue weighted by atomic mass is 10.0. The fraction of sp³-hybridized carbons (Fsp3) is 0.571. The Bertz CT molecular complexity index is 407. The zero-order chi connectivity index (χ0) is 11.2. The molecule has 0 unspecified atom stereocenters. The molecule has 0 atom stereocenters. The third-order valence-corrected chi connectivity index (χ3v) is 4.23. The molecule has 86 valence electrons. The highest BCUT2D eigenvalue weighted by Crippen LogP contribution is 2.45. The summed E-state index contributed by atoms with van der Waals surface area (Å²) in [7, 11) is 0. The lowest BCUT2D eigenvalue weighted by Crippen LogP contribution is -2.53. The van der Waals surface area contributed by atoms with Crippen molar-refractivity contribution >= 4 is 5.69 Å². The SMILES string of the molecule is Cc1cccc(N2CCNCC23CC3)c1C. The van der Waals surface area contributed by atoms with Crippen LogP contribution in [0.15, 0.2) is 18.2 Å². The maximum absolute atomic E-state index is 3.53. The minimum absolute atomic E-state index is 0.455. The van der Waals surface area contributed by atoms with Crippen LogP contribution in [-0.4, -0.2) is 25.2 Å². The Morgan fingerprint density at radius 1 is 1.25 bits per heavy atom. The van der Waals surface area contributed by atoms with E-state index in [2.05, 4.69) is 42.3 Å². The average Bonchev–Trinajstić information content (AvgIpc) is 3.04. The molecule has 1 heterocycles. The van der Waals surface area contributed by atoms with E-state index in [1.54, 1.807) is 0 Å². The first-order valence-corrected chi connectivity index (χ1v) is 6.28. The van der Waals surface area contributed by atoms with Gasteiger partial charge in [0, 0.05) is 25.3 Å². The monoisotopic (exact) mass is 216 g/mol. The molecule has 3 rings (SSSR count). The van der Waals surface area contributed by atoms with Gasteiger partial charge >= 0.3 is 0 Å². The summed E-state index contributed by atoms with van der Waals surface area (Å²) < 4.78 is 0. The third-order valence-electron chi connectivity index (χ3n) is 4.23. The van der Waals surface area contributed by atoms with Crippen molar-refractivity contribution in [1.82, 2.24) is 5.32 Å². The highest BCUT2D eigenvalue weighted by molar-refractivity contribution is 5.59. The molecule has 2 fully saturated rings. The summed E-state index contributed by atoms with van der Waals surface area (Å²) in [5.41, 5.74) is 4.78. The van der Waals surface area contributed by atoms with Gasteiger partial charge in [-0.2, -0.15) is 0 Å². The Labute approximate surface area is 97.6 Å². The van der Waals surface area contributed by atoms with Crippen molar-refractivity contribution in [1.29, 1.82) is 0 Å². The van der Waals surface area contributed by atoms with E-state index in [1.807, 2.05) is 0 Å². The van der Waals surface area contributed by atoms with Gasteiger partial charge in [-0.05, 0) is 43.9 Å². The predicted molar refractivity (Wildman–Crippen MR) is 68.1 cm³/mol. The lowest BCUT2D eigenvalue weighted by molar-refractivity contribution is 0.463. The van der Waals surface area contributed by atoms with Crippen molar-refractivity contribution in [3.8, 4) is 0 Å². The van der Waals surface area contributed by atoms with Crippen LogP contribution in [0.2, 0.25) is 0 Å². The van der Waals surface area contributed by atoms with Crippen molar-refractivity contribution in [3.05, 3.63) is 29.3 Å². The lowest BCUT2D eigenvalue weighted by Gasteiger charge is -2.39. The summed E-state index contributed by atoms with van der Waals surface area (Å²) in [6.07, 6.45) is 2.71. The number of aryl methyl sites for hydroxylation is 1. The smallest absolute Gasteiger partial charge is 0.0528 e. The van der Waals surface area contributed by atoms with E-state index in [1.165, 1.54) is 36.2 Å². The largest absolute Gasteiger partial charge is 0.363 e. The van der Waals surface area contributed by atoms with E-state index >= 15 is 0 Å². The maximum Gasteiger partial charge on any atom is 0.0528 e.